The summed E-state index contributed by atoms with van der Waals surface area (Å²) in [6, 6.07) is 17.1. The molecule has 0 N–H and O–H groups in total. The number of carbonyl (C=O) groups is 1. The van der Waals surface area contributed by atoms with Gasteiger partial charge < -0.3 is 9.32 Å². The van der Waals surface area contributed by atoms with Crippen LogP contribution >= 0.6 is 0 Å². The monoisotopic (exact) mass is 428 g/mol. The number of aromatic nitrogens is 3. The van der Waals surface area contributed by atoms with Crippen molar-refractivity contribution in [3.63, 3.8) is 0 Å². The van der Waals surface area contributed by atoms with Gasteiger partial charge >= 0.3 is 0 Å². The van der Waals surface area contributed by atoms with Crippen LogP contribution in [0.5, 0.6) is 0 Å². The van der Waals surface area contributed by atoms with E-state index in [4.69, 9.17) is 4.42 Å². The van der Waals surface area contributed by atoms with Crippen molar-refractivity contribution < 1.29 is 9.21 Å². The van der Waals surface area contributed by atoms with E-state index in [0.29, 0.717) is 24.2 Å². The molecule has 2 aromatic carbocycles. The van der Waals surface area contributed by atoms with Crippen LogP contribution in [-0.4, -0.2) is 32.1 Å². The number of piperidine rings is 1. The predicted octanol–water partition coefficient (Wildman–Crippen LogP) is 3.73. The van der Waals surface area contributed by atoms with Crippen LogP contribution in [-0.2, 0) is 17.8 Å². The molecule has 5 rings (SSSR count). The summed E-state index contributed by atoms with van der Waals surface area (Å²) < 4.78 is 7.29. The van der Waals surface area contributed by atoms with E-state index in [-0.39, 0.29) is 24.1 Å². The first kappa shape index (κ1) is 20.2. The minimum atomic E-state index is -0.258. The van der Waals surface area contributed by atoms with E-state index in [2.05, 4.69) is 10.1 Å². The van der Waals surface area contributed by atoms with Crippen LogP contribution in [0, 0.1) is 0 Å². The molecule has 0 unspecified atom stereocenters. The number of amides is 1. The number of fused-ring (bicyclic) bond motifs is 1. The number of rotatable bonds is 5. The molecule has 1 saturated heterocycles. The van der Waals surface area contributed by atoms with E-state index in [1.54, 1.807) is 23.4 Å². The first-order valence-corrected chi connectivity index (χ1v) is 10.9. The number of hydrogen-bond donors (Lipinski definition) is 0. The van der Waals surface area contributed by atoms with Crippen LogP contribution in [0.2, 0.25) is 0 Å². The highest BCUT2D eigenvalue weighted by molar-refractivity contribution is 5.81. The highest BCUT2D eigenvalue weighted by Gasteiger charge is 2.31. The van der Waals surface area contributed by atoms with E-state index < -0.39 is 0 Å². The van der Waals surface area contributed by atoms with Gasteiger partial charge in [-0.1, -0.05) is 48.5 Å². The summed E-state index contributed by atoms with van der Waals surface area (Å²) in [7, 11) is 0. The summed E-state index contributed by atoms with van der Waals surface area (Å²) in [6.07, 6.45) is 6.73. The van der Waals surface area contributed by atoms with Crippen LogP contribution in [0.15, 0.2) is 76.2 Å². The molecule has 0 aliphatic carbocycles. The predicted molar refractivity (Wildman–Crippen MR) is 120 cm³/mol. The zero-order chi connectivity index (χ0) is 21.9. The first-order valence-electron chi connectivity index (χ1n) is 10.9. The molecule has 1 atom stereocenters. The third-order valence-corrected chi connectivity index (χ3v) is 5.95. The largest absolute Gasteiger partial charge is 0.443 e. The van der Waals surface area contributed by atoms with Gasteiger partial charge in [-0.15, -0.1) is 0 Å². The molecule has 7 nitrogen and oxygen atoms in total. The second-order valence-electron chi connectivity index (χ2n) is 8.12. The summed E-state index contributed by atoms with van der Waals surface area (Å²) in [4.78, 5) is 32.2. The SMILES string of the molecule is O=C(Cn1ncc2ccccc2c1=O)N1CCCC[C@H]1c1ncc(Cc2ccccc2)o1. The molecule has 1 aliphatic rings. The van der Waals surface area contributed by atoms with E-state index in [1.807, 2.05) is 48.5 Å². The van der Waals surface area contributed by atoms with Gasteiger partial charge in [-0.25, -0.2) is 9.67 Å². The molecular weight excluding hydrogens is 404 g/mol. The molecule has 32 heavy (non-hydrogen) atoms. The third-order valence-electron chi connectivity index (χ3n) is 5.95. The van der Waals surface area contributed by atoms with E-state index in [0.717, 1.165) is 36.0 Å². The molecule has 0 radical (unpaired) electrons. The van der Waals surface area contributed by atoms with Crippen LogP contribution in [0.4, 0.5) is 0 Å². The van der Waals surface area contributed by atoms with Gasteiger partial charge in [0.2, 0.25) is 11.8 Å². The zero-order valence-electron chi connectivity index (χ0n) is 17.7. The maximum Gasteiger partial charge on any atom is 0.275 e. The van der Waals surface area contributed by atoms with E-state index >= 15 is 0 Å². The molecule has 0 bridgehead atoms. The average molecular weight is 428 g/mol. The summed E-state index contributed by atoms with van der Waals surface area (Å²) >= 11 is 0. The molecule has 4 aromatic rings. The number of benzene rings is 2. The highest BCUT2D eigenvalue weighted by atomic mass is 16.4. The Bertz CT molecular complexity index is 1300. The minimum absolute atomic E-state index is 0.0995. The second kappa shape index (κ2) is 8.78. The van der Waals surface area contributed by atoms with Crippen LogP contribution in [0.25, 0.3) is 10.8 Å². The van der Waals surface area contributed by atoms with Crippen LogP contribution < -0.4 is 5.56 Å². The molecule has 0 saturated carbocycles. The number of hydrogen-bond acceptors (Lipinski definition) is 5. The van der Waals surface area contributed by atoms with Gasteiger partial charge in [0, 0.05) is 18.4 Å². The Morgan fingerprint density at radius 1 is 1.03 bits per heavy atom. The zero-order valence-corrected chi connectivity index (χ0v) is 17.7. The van der Waals surface area contributed by atoms with Gasteiger partial charge in [0.25, 0.3) is 5.56 Å². The van der Waals surface area contributed by atoms with Gasteiger partial charge in [0.1, 0.15) is 18.3 Å². The van der Waals surface area contributed by atoms with Crippen molar-refractivity contribution in [3.05, 3.63) is 94.6 Å². The highest BCUT2D eigenvalue weighted by Crippen LogP contribution is 2.31. The van der Waals surface area contributed by atoms with Gasteiger partial charge in [0.05, 0.1) is 17.8 Å². The van der Waals surface area contributed by atoms with Crippen LogP contribution in [0.1, 0.15) is 42.5 Å². The Balaban J connectivity index is 1.35. The molecule has 7 heteroatoms. The Morgan fingerprint density at radius 3 is 2.72 bits per heavy atom. The molecule has 1 fully saturated rings. The number of oxazole rings is 1. The second-order valence-corrected chi connectivity index (χ2v) is 8.12. The summed E-state index contributed by atoms with van der Waals surface area (Å²) in [5, 5.41) is 5.53. The molecule has 1 aliphatic heterocycles. The maximum absolute atomic E-state index is 13.2. The molecule has 1 amide bonds. The minimum Gasteiger partial charge on any atom is -0.443 e. The molecule has 0 spiro atoms. The standard InChI is InChI=1S/C25H24N4O3/c30-23(17-29-25(31)21-11-5-4-10-19(21)15-27-29)28-13-7-6-12-22(28)24-26-16-20(32-24)14-18-8-2-1-3-9-18/h1-5,8-11,15-16,22H,6-7,12-14,17H2/t22-/m0/s1. The summed E-state index contributed by atoms with van der Waals surface area (Å²) in [5.74, 6) is 1.18. The third kappa shape index (κ3) is 4.06. The lowest BCUT2D eigenvalue weighted by Gasteiger charge is -2.33. The molecule has 162 valence electrons. The number of carbonyl (C=O) groups excluding carboxylic acids is 1. The Kier molecular flexibility index (Phi) is 5.54. The fourth-order valence-corrected chi connectivity index (χ4v) is 4.30. The lowest BCUT2D eigenvalue weighted by molar-refractivity contribution is -0.136. The Hall–Kier alpha value is -3.74. The Morgan fingerprint density at radius 2 is 1.84 bits per heavy atom. The smallest absolute Gasteiger partial charge is 0.275 e. The quantitative estimate of drug-likeness (QED) is 0.484. The fraction of sp³-hybridized carbons (Fsp3) is 0.280. The summed E-state index contributed by atoms with van der Waals surface area (Å²) in [6.45, 7) is 0.514. The van der Waals surface area contributed by atoms with Gasteiger partial charge in [-0.2, -0.15) is 5.10 Å². The van der Waals surface area contributed by atoms with Crippen molar-refractivity contribution in [2.24, 2.45) is 0 Å². The van der Waals surface area contributed by atoms with Crippen molar-refractivity contribution in [2.75, 3.05) is 6.54 Å². The van der Waals surface area contributed by atoms with E-state index in [9.17, 15) is 9.59 Å². The van der Waals surface area contributed by atoms with Gasteiger partial charge in [-0.3, -0.25) is 9.59 Å². The van der Waals surface area contributed by atoms with Crippen molar-refractivity contribution in [1.82, 2.24) is 19.7 Å². The van der Waals surface area contributed by atoms with Crippen molar-refractivity contribution >= 4 is 16.7 Å². The van der Waals surface area contributed by atoms with E-state index in [1.165, 1.54) is 4.68 Å². The van der Waals surface area contributed by atoms with Gasteiger partial charge in [-0.05, 0) is 30.9 Å². The van der Waals surface area contributed by atoms with Crippen molar-refractivity contribution in [1.29, 1.82) is 0 Å². The molecule has 3 heterocycles. The van der Waals surface area contributed by atoms with Crippen molar-refractivity contribution in [3.8, 4) is 0 Å². The van der Waals surface area contributed by atoms with Gasteiger partial charge in [0.15, 0.2) is 0 Å². The fourth-order valence-electron chi connectivity index (χ4n) is 4.30. The lowest BCUT2D eigenvalue weighted by Crippen LogP contribution is -2.42. The normalized spacial score (nSPS) is 16.4. The van der Waals surface area contributed by atoms with Crippen molar-refractivity contribution in [2.45, 2.75) is 38.3 Å². The Labute approximate surface area is 185 Å². The summed E-state index contributed by atoms with van der Waals surface area (Å²) in [5.41, 5.74) is 0.889. The molecular formula is C25H24N4O3. The number of nitrogens with zero attached hydrogens (tertiary/aromatic N) is 4. The topological polar surface area (TPSA) is 81.2 Å². The molecule has 2 aromatic heterocycles. The first-order chi connectivity index (χ1) is 15.7. The average Bonchev–Trinajstić information content (AvgIpc) is 3.30. The maximum atomic E-state index is 13.2. The number of likely N-dealkylation sites (tertiary alicyclic amines) is 1. The lowest BCUT2D eigenvalue weighted by atomic mass is 10.0. The van der Waals surface area contributed by atoms with Crippen LogP contribution in [0.3, 0.4) is 0 Å².